The number of benzene rings is 1. The number of aromatic carboxylic acids is 1. The predicted octanol–water partition coefficient (Wildman–Crippen LogP) is 4.16. The van der Waals surface area contributed by atoms with Crippen molar-refractivity contribution in [3.8, 4) is 22.4 Å². The van der Waals surface area contributed by atoms with Gasteiger partial charge in [-0.2, -0.15) is 0 Å². The summed E-state index contributed by atoms with van der Waals surface area (Å²) in [5, 5.41) is 10.6. The van der Waals surface area contributed by atoms with Gasteiger partial charge in [-0.25, -0.2) is 9.18 Å². The average molecular weight is 340 g/mol. The highest BCUT2D eigenvalue weighted by atomic mass is 32.2. The normalized spacial score (nSPS) is 13.0. The van der Waals surface area contributed by atoms with Crippen LogP contribution in [-0.4, -0.2) is 26.4 Å². The lowest BCUT2D eigenvalue weighted by molar-refractivity contribution is 0.0693. The molecule has 0 atom stereocenters. The first kappa shape index (κ1) is 15.0. The Labute approximate surface area is 142 Å². The fraction of sp³-hybridized carbons (Fsp3) is 0.111. The molecule has 0 unspecified atom stereocenters. The molecule has 1 aliphatic rings. The van der Waals surface area contributed by atoms with Crippen LogP contribution in [-0.2, 0) is 6.54 Å². The fourth-order valence-corrected chi connectivity index (χ4v) is 4.24. The van der Waals surface area contributed by atoms with Gasteiger partial charge in [0.15, 0.2) is 0 Å². The molecule has 0 saturated heterocycles. The zero-order valence-corrected chi connectivity index (χ0v) is 13.4. The van der Waals surface area contributed by atoms with E-state index < -0.39 is 5.97 Å². The molecule has 3 heterocycles. The van der Waals surface area contributed by atoms with Crippen molar-refractivity contribution in [2.24, 2.45) is 0 Å². The third-order valence-corrected chi connectivity index (χ3v) is 5.15. The molecule has 3 aromatic rings. The minimum atomic E-state index is -0.951. The number of fused-ring (bicyclic) bond motifs is 1. The van der Waals surface area contributed by atoms with Crippen LogP contribution in [0.25, 0.3) is 22.4 Å². The number of hydrogen-bond donors (Lipinski definition) is 1. The Bertz CT molecular complexity index is 920. The van der Waals surface area contributed by atoms with Gasteiger partial charge < -0.3 is 9.67 Å². The van der Waals surface area contributed by atoms with Gasteiger partial charge in [-0.15, -0.1) is 11.8 Å². The quantitative estimate of drug-likeness (QED) is 0.778. The van der Waals surface area contributed by atoms with Crippen LogP contribution in [0.2, 0.25) is 0 Å². The lowest BCUT2D eigenvalue weighted by atomic mass is 9.98. The van der Waals surface area contributed by atoms with E-state index in [0.29, 0.717) is 11.1 Å². The van der Waals surface area contributed by atoms with E-state index in [4.69, 9.17) is 0 Å². The molecule has 0 spiro atoms. The first-order valence-corrected chi connectivity index (χ1v) is 8.44. The lowest BCUT2D eigenvalue weighted by Crippen LogP contribution is -1.99. The van der Waals surface area contributed by atoms with Crippen LogP contribution in [0.15, 0.2) is 53.8 Å². The number of hydrogen-bond acceptors (Lipinski definition) is 3. The molecule has 1 N–H and O–H groups in total. The van der Waals surface area contributed by atoms with Crippen molar-refractivity contribution in [1.82, 2.24) is 9.55 Å². The van der Waals surface area contributed by atoms with E-state index in [9.17, 15) is 14.3 Å². The Morgan fingerprint density at radius 2 is 1.83 bits per heavy atom. The number of carboxylic acids is 1. The number of rotatable bonds is 3. The third-order valence-electron chi connectivity index (χ3n) is 4.07. The number of aromatic nitrogens is 2. The molecule has 0 amide bonds. The molecule has 0 radical (unpaired) electrons. The number of carboxylic acid groups (broad SMARTS) is 1. The summed E-state index contributed by atoms with van der Waals surface area (Å²) in [6.07, 6.45) is 3.29. The van der Waals surface area contributed by atoms with Gasteiger partial charge >= 0.3 is 5.97 Å². The van der Waals surface area contributed by atoms with E-state index in [2.05, 4.69) is 4.98 Å². The number of thioether (sulfide) groups is 1. The largest absolute Gasteiger partial charge is 0.478 e. The standard InChI is InChI=1S/C18H13FN2O2S/c19-13-3-1-12(2-4-13)16-14(11-5-7-20-8-6-11)15(18(22)23)17-21(16)9-10-24-17/h1-8H,9-10H2,(H,22,23). The number of carbonyl (C=O) groups is 1. The van der Waals surface area contributed by atoms with Crippen LogP contribution in [0, 0.1) is 5.82 Å². The van der Waals surface area contributed by atoms with Gasteiger partial charge in [-0.1, -0.05) is 0 Å². The summed E-state index contributed by atoms with van der Waals surface area (Å²) in [4.78, 5) is 16.0. The molecule has 24 heavy (non-hydrogen) atoms. The maximum atomic E-state index is 13.3. The summed E-state index contributed by atoms with van der Waals surface area (Å²) < 4.78 is 15.3. The molecule has 0 bridgehead atoms. The second-order valence-electron chi connectivity index (χ2n) is 5.45. The van der Waals surface area contributed by atoms with Crippen molar-refractivity contribution >= 4 is 17.7 Å². The van der Waals surface area contributed by atoms with Gasteiger partial charge in [0, 0.05) is 30.3 Å². The van der Waals surface area contributed by atoms with Crippen LogP contribution < -0.4 is 0 Å². The maximum absolute atomic E-state index is 13.3. The Hall–Kier alpha value is -2.60. The number of halogens is 1. The van der Waals surface area contributed by atoms with E-state index in [1.165, 1.54) is 12.1 Å². The first-order valence-electron chi connectivity index (χ1n) is 7.45. The molecule has 1 aliphatic heterocycles. The van der Waals surface area contributed by atoms with Crippen molar-refractivity contribution in [2.45, 2.75) is 11.6 Å². The molecular formula is C18H13FN2O2S. The minimum absolute atomic E-state index is 0.308. The first-order chi connectivity index (χ1) is 11.7. The van der Waals surface area contributed by atoms with E-state index in [1.807, 2.05) is 4.57 Å². The summed E-state index contributed by atoms with van der Waals surface area (Å²) in [6, 6.07) is 9.78. The van der Waals surface area contributed by atoms with E-state index in [0.717, 1.165) is 34.1 Å². The van der Waals surface area contributed by atoms with E-state index in [-0.39, 0.29) is 5.82 Å². The lowest BCUT2D eigenvalue weighted by Gasteiger charge is -2.10. The van der Waals surface area contributed by atoms with Crippen LogP contribution >= 0.6 is 11.8 Å². The third kappa shape index (κ3) is 2.30. The van der Waals surface area contributed by atoms with Crippen LogP contribution in [0.4, 0.5) is 4.39 Å². The molecule has 4 rings (SSSR count). The topological polar surface area (TPSA) is 55.1 Å². The summed E-state index contributed by atoms with van der Waals surface area (Å²) in [5.74, 6) is -0.431. The highest BCUT2D eigenvalue weighted by Gasteiger charge is 2.31. The molecule has 0 saturated carbocycles. The molecule has 1 aromatic carbocycles. The Morgan fingerprint density at radius 1 is 1.12 bits per heavy atom. The Kier molecular flexibility index (Phi) is 3.61. The van der Waals surface area contributed by atoms with Gasteiger partial charge in [0.05, 0.1) is 16.3 Å². The second-order valence-corrected chi connectivity index (χ2v) is 6.54. The molecule has 6 heteroatoms. The predicted molar refractivity (Wildman–Crippen MR) is 90.7 cm³/mol. The highest BCUT2D eigenvalue weighted by molar-refractivity contribution is 7.99. The number of pyridine rings is 1. The van der Waals surface area contributed by atoms with Gasteiger partial charge in [0.25, 0.3) is 0 Å². The van der Waals surface area contributed by atoms with E-state index >= 15 is 0 Å². The fourth-order valence-electron chi connectivity index (χ4n) is 3.10. The number of nitrogens with zero attached hydrogens (tertiary/aromatic N) is 2. The van der Waals surface area contributed by atoms with Crippen LogP contribution in [0.1, 0.15) is 10.4 Å². The minimum Gasteiger partial charge on any atom is -0.478 e. The molecule has 0 aliphatic carbocycles. The molecule has 120 valence electrons. The summed E-state index contributed by atoms with van der Waals surface area (Å²) in [6.45, 7) is 0.734. The smallest absolute Gasteiger partial charge is 0.339 e. The Morgan fingerprint density at radius 3 is 2.50 bits per heavy atom. The van der Waals surface area contributed by atoms with E-state index in [1.54, 1.807) is 48.4 Å². The average Bonchev–Trinajstić information content (AvgIpc) is 3.16. The van der Waals surface area contributed by atoms with Gasteiger partial charge in [0.2, 0.25) is 0 Å². The molecule has 4 nitrogen and oxygen atoms in total. The second kappa shape index (κ2) is 5.79. The summed E-state index contributed by atoms with van der Waals surface area (Å²) in [7, 11) is 0. The molecule has 0 fully saturated rings. The summed E-state index contributed by atoms with van der Waals surface area (Å²) in [5.41, 5.74) is 3.39. The van der Waals surface area contributed by atoms with Gasteiger partial charge in [0.1, 0.15) is 5.82 Å². The van der Waals surface area contributed by atoms with Crippen molar-refractivity contribution < 1.29 is 14.3 Å². The van der Waals surface area contributed by atoms with Crippen LogP contribution in [0.5, 0.6) is 0 Å². The van der Waals surface area contributed by atoms with Crippen molar-refractivity contribution in [3.05, 3.63) is 60.2 Å². The molecule has 2 aromatic heterocycles. The van der Waals surface area contributed by atoms with Crippen molar-refractivity contribution in [3.63, 3.8) is 0 Å². The van der Waals surface area contributed by atoms with Crippen molar-refractivity contribution in [1.29, 1.82) is 0 Å². The molecular weight excluding hydrogens is 327 g/mol. The monoisotopic (exact) mass is 340 g/mol. The highest BCUT2D eigenvalue weighted by Crippen LogP contribution is 2.45. The Balaban J connectivity index is 2.06. The van der Waals surface area contributed by atoms with Crippen molar-refractivity contribution in [2.75, 3.05) is 5.75 Å². The summed E-state index contributed by atoms with van der Waals surface area (Å²) >= 11 is 1.54. The zero-order valence-electron chi connectivity index (χ0n) is 12.6. The van der Waals surface area contributed by atoms with Gasteiger partial charge in [-0.3, -0.25) is 4.98 Å². The SMILES string of the molecule is O=C(O)c1c(-c2ccncc2)c(-c2ccc(F)cc2)n2c1SCC2. The van der Waals surface area contributed by atoms with Gasteiger partial charge in [-0.05, 0) is 47.5 Å². The zero-order chi connectivity index (χ0) is 16.7. The van der Waals surface area contributed by atoms with Crippen LogP contribution in [0.3, 0.4) is 0 Å². The maximum Gasteiger partial charge on any atom is 0.339 e.